The molecule has 1 aliphatic heterocycles. The van der Waals surface area contributed by atoms with Gasteiger partial charge < -0.3 is 10.2 Å². The number of carbonyl (C=O) groups is 2. The van der Waals surface area contributed by atoms with Gasteiger partial charge in [0, 0.05) is 18.7 Å². The molecule has 0 atom stereocenters. The number of halogens is 3. The Morgan fingerprint density at radius 2 is 1.88 bits per heavy atom. The Bertz CT molecular complexity index is 806. The average molecular weight is 351 g/mol. The quantitative estimate of drug-likeness (QED) is 0.909. The van der Waals surface area contributed by atoms with Crippen LogP contribution in [0.4, 0.5) is 20.2 Å². The highest BCUT2D eigenvalue weighted by Gasteiger charge is 2.24. The first-order chi connectivity index (χ1) is 11.5. The monoisotopic (exact) mass is 350 g/mol. The summed E-state index contributed by atoms with van der Waals surface area (Å²) in [5, 5.41) is 2.68. The van der Waals surface area contributed by atoms with E-state index < -0.39 is 23.1 Å². The fraction of sp³-hybridized carbons (Fsp3) is 0.176. The van der Waals surface area contributed by atoms with Crippen molar-refractivity contribution in [3.63, 3.8) is 0 Å². The van der Waals surface area contributed by atoms with Gasteiger partial charge in [0.05, 0.1) is 10.7 Å². The molecule has 2 amide bonds. The Hall–Kier alpha value is -2.47. The molecule has 1 N–H and O–H groups in total. The van der Waals surface area contributed by atoms with Gasteiger partial charge in [-0.15, -0.1) is 0 Å². The highest BCUT2D eigenvalue weighted by atomic mass is 35.5. The second-order valence-corrected chi connectivity index (χ2v) is 5.77. The fourth-order valence-electron chi connectivity index (χ4n) is 2.61. The van der Waals surface area contributed by atoms with Crippen LogP contribution in [0.3, 0.4) is 0 Å². The molecule has 2 aromatic carbocycles. The van der Waals surface area contributed by atoms with Crippen LogP contribution < -0.4 is 10.2 Å². The summed E-state index contributed by atoms with van der Waals surface area (Å²) in [5.41, 5.74) is 0.171. The van der Waals surface area contributed by atoms with Gasteiger partial charge in [0.1, 0.15) is 17.2 Å². The summed E-state index contributed by atoms with van der Waals surface area (Å²) in [7, 11) is 0. The highest BCUT2D eigenvalue weighted by Crippen LogP contribution is 2.32. The van der Waals surface area contributed by atoms with Crippen LogP contribution in [0.15, 0.2) is 36.4 Å². The molecule has 1 saturated heterocycles. The number of nitrogens with zero attached hydrogens (tertiary/aromatic N) is 1. The summed E-state index contributed by atoms with van der Waals surface area (Å²) >= 11 is 6.17. The lowest BCUT2D eigenvalue weighted by atomic mass is 10.1. The van der Waals surface area contributed by atoms with Crippen LogP contribution in [0, 0.1) is 11.6 Å². The van der Waals surface area contributed by atoms with Gasteiger partial charge in [-0.2, -0.15) is 0 Å². The Morgan fingerprint density at radius 3 is 2.46 bits per heavy atom. The minimum absolute atomic E-state index is 0.0119. The number of hydrogen-bond donors (Lipinski definition) is 1. The zero-order chi connectivity index (χ0) is 17.3. The van der Waals surface area contributed by atoms with E-state index in [2.05, 4.69) is 5.32 Å². The lowest BCUT2D eigenvalue weighted by Crippen LogP contribution is -2.24. The Balaban J connectivity index is 1.82. The zero-order valence-electron chi connectivity index (χ0n) is 12.5. The summed E-state index contributed by atoms with van der Waals surface area (Å²) in [6.07, 6.45) is 1.24. The van der Waals surface area contributed by atoms with E-state index in [4.69, 9.17) is 11.6 Å². The van der Waals surface area contributed by atoms with Crippen LogP contribution in [0.1, 0.15) is 23.2 Å². The molecule has 0 bridgehead atoms. The second kappa shape index (κ2) is 6.57. The van der Waals surface area contributed by atoms with Crippen LogP contribution in [0.2, 0.25) is 5.02 Å². The summed E-state index contributed by atoms with van der Waals surface area (Å²) in [6.45, 7) is 0.588. The molecule has 4 nitrogen and oxygen atoms in total. The molecule has 24 heavy (non-hydrogen) atoms. The Kier molecular flexibility index (Phi) is 4.49. The molecule has 0 radical (unpaired) electrons. The molecule has 1 aliphatic rings. The molecule has 0 spiro atoms. The summed E-state index contributed by atoms with van der Waals surface area (Å²) < 4.78 is 27.2. The first-order valence-electron chi connectivity index (χ1n) is 7.32. The van der Waals surface area contributed by atoms with Gasteiger partial charge in [0.15, 0.2) is 0 Å². The van der Waals surface area contributed by atoms with Crippen molar-refractivity contribution in [1.82, 2.24) is 0 Å². The minimum atomic E-state index is -0.946. The summed E-state index contributed by atoms with van der Waals surface area (Å²) in [6, 6.07) is 7.77. The van der Waals surface area contributed by atoms with E-state index in [-0.39, 0.29) is 16.6 Å². The van der Waals surface area contributed by atoms with E-state index in [1.165, 1.54) is 18.2 Å². The maximum atomic E-state index is 13.6. The van der Waals surface area contributed by atoms with Gasteiger partial charge in [0.25, 0.3) is 5.91 Å². The molecule has 2 aromatic rings. The van der Waals surface area contributed by atoms with Crippen molar-refractivity contribution in [3.8, 4) is 0 Å². The minimum Gasteiger partial charge on any atom is -0.322 e. The van der Waals surface area contributed by atoms with Crippen molar-refractivity contribution in [2.24, 2.45) is 0 Å². The largest absolute Gasteiger partial charge is 0.322 e. The number of carbonyl (C=O) groups excluding carboxylic acids is 2. The van der Waals surface area contributed by atoms with Crippen molar-refractivity contribution >= 4 is 34.8 Å². The number of benzene rings is 2. The van der Waals surface area contributed by atoms with Crippen LogP contribution >= 0.6 is 11.6 Å². The van der Waals surface area contributed by atoms with Gasteiger partial charge in [-0.3, -0.25) is 9.59 Å². The molecule has 0 unspecified atom stereocenters. The third-order valence-corrected chi connectivity index (χ3v) is 4.06. The van der Waals surface area contributed by atoms with Crippen LogP contribution in [0.25, 0.3) is 0 Å². The number of hydrogen-bond acceptors (Lipinski definition) is 2. The molecule has 1 fully saturated rings. The van der Waals surface area contributed by atoms with Crippen LogP contribution in [0.5, 0.6) is 0 Å². The highest BCUT2D eigenvalue weighted by molar-refractivity contribution is 6.34. The molecule has 7 heteroatoms. The normalized spacial score (nSPS) is 14.1. The smallest absolute Gasteiger partial charge is 0.261 e. The van der Waals surface area contributed by atoms with Gasteiger partial charge in [-0.05, 0) is 36.8 Å². The molecule has 0 aliphatic carbocycles. The number of rotatable bonds is 3. The molecule has 0 saturated carbocycles. The molecule has 1 heterocycles. The average Bonchev–Trinajstić information content (AvgIpc) is 2.93. The van der Waals surface area contributed by atoms with Crippen LogP contribution in [-0.4, -0.2) is 18.4 Å². The first-order valence-corrected chi connectivity index (χ1v) is 7.70. The predicted octanol–water partition coefficient (Wildman–Crippen LogP) is 4.00. The summed E-state index contributed by atoms with van der Waals surface area (Å²) in [4.78, 5) is 25.4. The summed E-state index contributed by atoms with van der Waals surface area (Å²) in [5.74, 6) is -2.82. The topological polar surface area (TPSA) is 49.4 Å². The zero-order valence-corrected chi connectivity index (χ0v) is 13.2. The molecular weight excluding hydrogens is 338 g/mol. The van der Waals surface area contributed by atoms with Crippen molar-refractivity contribution in [1.29, 1.82) is 0 Å². The van der Waals surface area contributed by atoms with Gasteiger partial charge in [0.2, 0.25) is 5.91 Å². The third-order valence-electron chi connectivity index (χ3n) is 3.76. The Labute approximate surface area is 142 Å². The van der Waals surface area contributed by atoms with Gasteiger partial charge in [-0.25, -0.2) is 8.78 Å². The SMILES string of the molecule is O=C(Nc1ccc(N2CCCC2=O)c(Cl)c1)c1c(F)cccc1F. The maximum Gasteiger partial charge on any atom is 0.261 e. The second-order valence-electron chi connectivity index (χ2n) is 5.37. The predicted molar refractivity (Wildman–Crippen MR) is 87.4 cm³/mol. The number of amides is 2. The lowest BCUT2D eigenvalue weighted by Gasteiger charge is -2.18. The van der Waals surface area contributed by atoms with Crippen molar-refractivity contribution in [3.05, 3.63) is 58.6 Å². The standard InChI is InChI=1S/C17H13ClF2N2O2/c18-11-9-10(6-7-14(11)22-8-2-5-15(22)23)21-17(24)16-12(19)3-1-4-13(16)20/h1,3-4,6-7,9H,2,5,8H2,(H,21,24). The van der Waals surface area contributed by atoms with Crippen molar-refractivity contribution in [2.75, 3.05) is 16.8 Å². The van der Waals surface area contributed by atoms with Gasteiger partial charge >= 0.3 is 0 Å². The molecule has 0 aromatic heterocycles. The molecular formula is C17H13ClF2N2O2. The Morgan fingerprint density at radius 1 is 1.17 bits per heavy atom. The van der Waals surface area contributed by atoms with Crippen molar-refractivity contribution in [2.45, 2.75) is 12.8 Å². The molecule has 124 valence electrons. The first kappa shape index (κ1) is 16.4. The van der Waals surface area contributed by atoms with E-state index in [1.807, 2.05) is 0 Å². The van der Waals surface area contributed by atoms with Crippen molar-refractivity contribution < 1.29 is 18.4 Å². The van der Waals surface area contributed by atoms with E-state index in [9.17, 15) is 18.4 Å². The van der Waals surface area contributed by atoms with E-state index in [0.29, 0.717) is 18.7 Å². The van der Waals surface area contributed by atoms with E-state index in [1.54, 1.807) is 11.0 Å². The third kappa shape index (κ3) is 3.10. The lowest BCUT2D eigenvalue weighted by molar-refractivity contribution is -0.117. The number of anilines is 2. The molecule has 3 rings (SSSR count). The van der Waals surface area contributed by atoms with Crippen LogP contribution in [-0.2, 0) is 4.79 Å². The van der Waals surface area contributed by atoms with E-state index in [0.717, 1.165) is 18.6 Å². The van der Waals surface area contributed by atoms with E-state index >= 15 is 0 Å². The van der Waals surface area contributed by atoms with Gasteiger partial charge in [-0.1, -0.05) is 17.7 Å². The maximum absolute atomic E-state index is 13.6. The number of nitrogens with one attached hydrogen (secondary N) is 1. The fourth-order valence-corrected chi connectivity index (χ4v) is 2.90.